The van der Waals surface area contributed by atoms with Gasteiger partial charge in [-0.05, 0) is 54.9 Å². The van der Waals surface area contributed by atoms with E-state index < -0.39 is 17.6 Å². The molecule has 1 saturated carbocycles. The summed E-state index contributed by atoms with van der Waals surface area (Å²) in [4.78, 5) is 17.5. The predicted octanol–water partition coefficient (Wildman–Crippen LogP) is 3.91. The van der Waals surface area contributed by atoms with Gasteiger partial charge in [-0.1, -0.05) is 18.6 Å². The smallest absolute Gasteiger partial charge is 0.366 e. The van der Waals surface area contributed by atoms with E-state index in [1.54, 1.807) is 12.1 Å². The highest BCUT2D eigenvalue weighted by Crippen LogP contribution is 2.43. The molecule has 0 bridgehead atoms. The molecule has 4 rings (SSSR count). The van der Waals surface area contributed by atoms with Crippen molar-refractivity contribution >= 4 is 5.91 Å². The first-order chi connectivity index (χ1) is 14.3. The van der Waals surface area contributed by atoms with Gasteiger partial charge in [-0.15, -0.1) is 0 Å². The summed E-state index contributed by atoms with van der Waals surface area (Å²) in [6, 6.07) is 7.88. The van der Waals surface area contributed by atoms with Gasteiger partial charge in [0.2, 0.25) is 0 Å². The molecular formula is C21H20F3N5O. The maximum atomic E-state index is 12.8. The molecule has 9 heteroatoms. The summed E-state index contributed by atoms with van der Waals surface area (Å²) >= 11 is 0. The number of halogens is 3. The number of hydrogen-bond donors (Lipinski definition) is 1. The minimum atomic E-state index is -4.40. The number of carbonyl (C=O) groups is 1. The van der Waals surface area contributed by atoms with Crippen molar-refractivity contribution in [1.29, 1.82) is 0 Å². The minimum Gasteiger partial charge on any atom is -0.366 e. The summed E-state index contributed by atoms with van der Waals surface area (Å²) in [6.45, 7) is 0. The maximum Gasteiger partial charge on any atom is 0.417 e. The lowest BCUT2D eigenvalue weighted by Gasteiger charge is -2.23. The van der Waals surface area contributed by atoms with E-state index in [0.29, 0.717) is 23.4 Å². The van der Waals surface area contributed by atoms with Crippen molar-refractivity contribution in [2.75, 3.05) is 0 Å². The number of rotatable bonds is 5. The van der Waals surface area contributed by atoms with Crippen molar-refractivity contribution in [3.63, 3.8) is 0 Å². The number of benzene rings is 1. The highest BCUT2D eigenvalue weighted by molar-refractivity contribution is 5.97. The van der Waals surface area contributed by atoms with Crippen LogP contribution in [0.3, 0.4) is 0 Å². The fourth-order valence-corrected chi connectivity index (χ4v) is 4.29. The Hall–Kier alpha value is -3.23. The van der Waals surface area contributed by atoms with Crippen LogP contribution in [-0.2, 0) is 12.6 Å². The van der Waals surface area contributed by atoms with Gasteiger partial charge in [-0.3, -0.25) is 9.78 Å². The minimum absolute atomic E-state index is 0.0920. The van der Waals surface area contributed by atoms with Gasteiger partial charge in [0.15, 0.2) is 0 Å². The fourth-order valence-electron chi connectivity index (χ4n) is 4.29. The average Bonchev–Trinajstić information content (AvgIpc) is 3.39. The Morgan fingerprint density at radius 1 is 1.13 bits per heavy atom. The molecule has 2 heterocycles. The lowest BCUT2D eigenvalue weighted by molar-refractivity contribution is -0.137. The zero-order valence-electron chi connectivity index (χ0n) is 16.0. The van der Waals surface area contributed by atoms with Crippen molar-refractivity contribution in [3.05, 3.63) is 71.3 Å². The van der Waals surface area contributed by atoms with Crippen LogP contribution in [0.4, 0.5) is 13.2 Å². The molecule has 1 aliphatic carbocycles. The van der Waals surface area contributed by atoms with Gasteiger partial charge in [0.05, 0.1) is 23.5 Å². The molecule has 1 aliphatic rings. The first kappa shape index (κ1) is 20.1. The Morgan fingerprint density at radius 3 is 2.53 bits per heavy atom. The van der Waals surface area contributed by atoms with E-state index in [1.165, 1.54) is 23.3 Å². The van der Waals surface area contributed by atoms with Crippen LogP contribution in [0.25, 0.3) is 5.69 Å². The molecule has 2 N–H and O–H groups in total. The van der Waals surface area contributed by atoms with Gasteiger partial charge >= 0.3 is 6.18 Å². The molecule has 1 amide bonds. The molecule has 0 saturated heterocycles. The second-order valence-corrected chi connectivity index (χ2v) is 7.46. The zero-order chi connectivity index (χ0) is 21.3. The molecule has 0 aliphatic heterocycles. The Morgan fingerprint density at radius 2 is 1.90 bits per heavy atom. The lowest BCUT2D eigenvalue weighted by atomic mass is 9.84. The van der Waals surface area contributed by atoms with Crippen molar-refractivity contribution in [2.45, 2.75) is 37.8 Å². The quantitative estimate of drug-likeness (QED) is 0.685. The first-order valence-corrected chi connectivity index (χ1v) is 9.66. The van der Waals surface area contributed by atoms with Crippen LogP contribution < -0.4 is 5.73 Å². The summed E-state index contributed by atoms with van der Waals surface area (Å²) in [7, 11) is 0. The zero-order valence-corrected chi connectivity index (χ0v) is 16.0. The predicted molar refractivity (Wildman–Crippen MR) is 103 cm³/mol. The topological polar surface area (TPSA) is 86.7 Å². The molecule has 30 heavy (non-hydrogen) atoms. The molecule has 6 nitrogen and oxygen atoms in total. The molecule has 1 fully saturated rings. The van der Waals surface area contributed by atoms with Crippen molar-refractivity contribution < 1.29 is 18.0 Å². The SMILES string of the molecule is NC(=O)c1cccc(C2CCCC2Cc2ccc(C(F)(F)F)cn2)c1-n1nccn1. The highest BCUT2D eigenvalue weighted by Gasteiger charge is 2.34. The van der Waals surface area contributed by atoms with E-state index in [9.17, 15) is 18.0 Å². The van der Waals surface area contributed by atoms with Crippen LogP contribution in [0.1, 0.15) is 52.4 Å². The molecule has 2 aromatic heterocycles. The van der Waals surface area contributed by atoms with E-state index in [1.807, 2.05) is 6.07 Å². The summed E-state index contributed by atoms with van der Waals surface area (Å²) < 4.78 is 38.4. The fraction of sp³-hybridized carbons (Fsp3) is 0.333. The first-order valence-electron chi connectivity index (χ1n) is 9.66. The number of alkyl halides is 3. The van der Waals surface area contributed by atoms with Crippen molar-refractivity contribution in [3.8, 4) is 5.69 Å². The van der Waals surface area contributed by atoms with Crippen LogP contribution in [0.2, 0.25) is 0 Å². The molecule has 3 aromatic rings. The number of pyridine rings is 1. The average molecular weight is 415 g/mol. The van der Waals surface area contributed by atoms with E-state index in [4.69, 9.17) is 5.73 Å². The van der Waals surface area contributed by atoms with Gasteiger partial charge in [0.25, 0.3) is 5.91 Å². The number of amides is 1. The number of para-hydroxylation sites is 1. The summed E-state index contributed by atoms with van der Waals surface area (Å²) in [5, 5.41) is 8.36. The second kappa shape index (κ2) is 7.89. The monoisotopic (exact) mass is 415 g/mol. The number of primary amides is 1. The van der Waals surface area contributed by atoms with Gasteiger partial charge in [-0.25, -0.2) is 0 Å². The van der Waals surface area contributed by atoms with E-state index >= 15 is 0 Å². The molecule has 2 atom stereocenters. The molecule has 1 aromatic carbocycles. The van der Waals surface area contributed by atoms with Crippen LogP contribution >= 0.6 is 0 Å². The highest BCUT2D eigenvalue weighted by atomic mass is 19.4. The summed E-state index contributed by atoms with van der Waals surface area (Å²) in [5.74, 6) is -0.302. The summed E-state index contributed by atoms with van der Waals surface area (Å²) in [6.07, 6.45) is 2.87. The summed E-state index contributed by atoms with van der Waals surface area (Å²) in [5.41, 5.74) is 7.26. The maximum absolute atomic E-state index is 12.8. The van der Waals surface area contributed by atoms with Gasteiger partial charge < -0.3 is 5.73 Å². The molecule has 0 radical (unpaired) electrons. The normalized spacial score (nSPS) is 19.2. The number of nitrogens with zero attached hydrogens (tertiary/aromatic N) is 4. The Labute approximate surface area is 170 Å². The van der Waals surface area contributed by atoms with Gasteiger partial charge in [0.1, 0.15) is 5.69 Å². The van der Waals surface area contributed by atoms with E-state index in [0.717, 1.165) is 37.1 Å². The van der Waals surface area contributed by atoms with Crippen LogP contribution in [0.15, 0.2) is 48.9 Å². The number of carbonyl (C=O) groups excluding carboxylic acids is 1. The Kier molecular flexibility index (Phi) is 5.27. The Balaban J connectivity index is 1.66. The van der Waals surface area contributed by atoms with Crippen LogP contribution in [-0.4, -0.2) is 25.9 Å². The van der Waals surface area contributed by atoms with Crippen LogP contribution in [0.5, 0.6) is 0 Å². The molecular weight excluding hydrogens is 395 g/mol. The van der Waals surface area contributed by atoms with Crippen molar-refractivity contribution in [1.82, 2.24) is 20.0 Å². The Bertz CT molecular complexity index is 1030. The molecule has 2 unspecified atom stereocenters. The third kappa shape index (κ3) is 3.92. The second-order valence-electron chi connectivity index (χ2n) is 7.46. The largest absolute Gasteiger partial charge is 0.417 e. The molecule has 0 spiro atoms. The number of aromatic nitrogens is 4. The third-order valence-electron chi connectivity index (χ3n) is 5.63. The third-order valence-corrected chi connectivity index (χ3v) is 5.63. The molecule has 156 valence electrons. The van der Waals surface area contributed by atoms with E-state index in [2.05, 4.69) is 15.2 Å². The van der Waals surface area contributed by atoms with Gasteiger partial charge in [0, 0.05) is 11.9 Å². The standard InChI is InChI=1S/C21H20F3N5O/c22-21(23,24)14-7-8-15(26-12-14)11-13-3-1-4-16(13)17-5-2-6-18(20(25)30)19(17)29-27-9-10-28-29/h2,5-10,12-13,16H,1,3-4,11H2,(H2,25,30). The number of hydrogen-bond acceptors (Lipinski definition) is 4. The lowest BCUT2D eigenvalue weighted by Crippen LogP contribution is -2.20. The van der Waals surface area contributed by atoms with E-state index in [-0.39, 0.29) is 11.8 Å². The van der Waals surface area contributed by atoms with Crippen molar-refractivity contribution in [2.24, 2.45) is 11.7 Å². The van der Waals surface area contributed by atoms with Crippen LogP contribution in [0, 0.1) is 5.92 Å². The van der Waals surface area contributed by atoms with Gasteiger partial charge in [-0.2, -0.15) is 28.2 Å². The number of nitrogens with two attached hydrogens (primary N) is 1.